The number of piperazine rings is 1. The van der Waals surface area contributed by atoms with E-state index >= 15 is 0 Å². The Morgan fingerprint density at radius 1 is 0.898 bits per heavy atom. The first-order valence-electron chi connectivity index (χ1n) is 17.5. The number of nitrogens with one attached hydrogen (secondary N) is 2. The predicted octanol–water partition coefficient (Wildman–Crippen LogP) is 3.89. The Hall–Kier alpha value is -3.68. The Labute approximate surface area is 296 Å². The zero-order chi connectivity index (χ0) is 34.7. The average Bonchev–Trinajstić information content (AvgIpc) is 3.10. The molecule has 2 aromatic carbocycles. The van der Waals surface area contributed by atoms with E-state index in [1.54, 1.807) is 4.90 Å². The van der Waals surface area contributed by atoms with Crippen molar-refractivity contribution in [3.8, 4) is 0 Å². The number of nitrogens with zero attached hydrogens (tertiary/aromatic N) is 5. The minimum atomic E-state index is -0.789. The van der Waals surface area contributed by atoms with E-state index in [9.17, 15) is 19.2 Å². The van der Waals surface area contributed by atoms with Gasteiger partial charge in [0.2, 0.25) is 5.91 Å². The highest BCUT2D eigenvalue weighted by atomic mass is 79.9. The first-order chi connectivity index (χ1) is 23.5. The number of hydrogen-bond acceptors (Lipinski definition) is 6. The number of carbonyl (C=O) groups excluding carboxylic acids is 3. The van der Waals surface area contributed by atoms with Crippen molar-refractivity contribution < 1.29 is 24.3 Å². The largest absolute Gasteiger partial charge is 0.480 e. The van der Waals surface area contributed by atoms with Gasteiger partial charge in [0.15, 0.2) is 0 Å². The average molecular weight is 739 g/mol. The summed E-state index contributed by atoms with van der Waals surface area (Å²) < 4.78 is 1.04. The lowest BCUT2D eigenvalue weighted by Crippen LogP contribution is -2.59. The van der Waals surface area contributed by atoms with Crippen LogP contribution < -0.4 is 10.6 Å². The maximum Gasteiger partial charge on any atom is 0.322 e. The van der Waals surface area contributed by atoms with Crippen LogP contribution in [0.1, 0.15) is 47.9 Å². The summed E-state index contributed by atoms with van der Waals surface area (Å²) in [7, 11) is 0. The van der Waals surface area contributed by atoms with Crippen LogP contribution in [-0.4, -0.2) is 131 Å². The molecular weight excluding hydrogens is 690 g/mol. The van der Waals surface area contributed by atoms with Crippen molar-refractivity contribution in [3.05, 3.63) is 63.1 Å². The highest BCUT2D eigenvalue weighted by Crippen LogP contribution is 2.28. The van der Waals surface area contributed by atoms with Gasteiger partial charge in [-0.1, -0.05) is 46.3 Å². The zero-order valence-corrected chi connectivity index (χ0v) is 30.1. The minimum Gasteiger partial charge on any atom is -0.480 e. The van der Waals surface area contributed by atoms with E-state index in [4.69, 9.17) is 5.11 Å². The van der Waals surface area contributed by atoms with Gasteiger partial charge in [0.1, 0.15) is 6.04 Å². The Morgan fingerprint density at radius 2 is 1.53 bits per heavy atom. The van der Waals surface area contributed by atoms with Crippen molar-refractivity contribution in [1.29, 1.82) is 0 Å². The van der Waals surface area contributed by atoms with Gasteiger partial charge in [0.25, 0.3) is 0 Å². The second kappa shape index (κ2) is 15.5. The van der Waals surface area contributed by atoms with Gasteiger partial charge in [-0.3, -0.25) is 19.4 Å². The van der Waals surface area contributed by atoms with Crippen molar-refractivity contribution in [1.82, 2.24) is 29.8 Å². The third-order valence-electron chi connectivity index (χ3n) is 10.6. The summed E-state index contributed by atoms with van der Waals surface area (Å²) in [6.45, 7) is 9.95. The van der Waals surface area contributed by atoms with E-state index in [1.807, 2.05) is 52.8 Å². The number of amides is 5. The molecule has 1 unspecified atom stereocenters. The van der Waals surface area contributed by atoms with Gasteiger partial charge in [-0.15, -0.1) is 0 Å². The van der Waals surface area contributed by atoms with E-state index in [-0.39, 0.29) is 30.6 Å². The van der Waals surface area contributed by atoms with Gasteiger partial charge in [-0.25, -0.2) is 9.59 Å². The second-order valence-corrected chi connectivity index (χ2v) is 14.7. The number of fused-ring (bicyclic) bond motifs is 1. The summed E-state index contributed by atoms with van der Waals surface area (Å²) in [5.74, 6) is -0.857. The van der Waals surface area contributed by atoms with Crippen molar-refractivity contribution in [3.63, 3.8) is 0 Å². The van der Waals surface area contributed by atoms with Crippen molar-refractivity contribution in [2.45, 2.75) is 70.6 Å². The number of aryl methyl sites for hydroxylation is 2. The van der Waals surface area contributed by atoms with E-state index < -0.39 is 12.0 Å². The number of hydrogen-bond donors (Lipinski definition) is 3. The van der Waals surface area contributed by atoms with Crippen LogP contribution in [0.25, 0.3) is 0 Å². The Kier molecular flexibility index (Phi) is 11.1. The number of halogens is 1. The highest BCUT2D eigenvalue weighted by Gasteiger charge is 2.36. The summed E-state index contributed by atoms with van der Waals surface area (Å²) in [6.07, 6.45) is 3.59. The van der Waals surface area contributed by atoms with Crippen LogP contribution in [0.4, 0.5) is 15.3 Å². The van der Waals surface area contributed by atoms with Gasteiger partial charge < -0.3 is 30.4 Å². The standard InChI is InChI=1S/C36H48BrN7O5/c1-24-19-26(20-25(2)33(24)37)21-31(34(47)42-17-15-41(16-18-42)28-7-11-40(12-8-28)23-32(45)46)39-35(48)43-13-9-29(10-14-43)44-22-27-5-3-4-6-30(27)38-36(44)49/h3-6,19-20,28-29,31H,7-18,21-23H2,1-2H3,(H,38,49)(H,39,48)(H,45,46). The lowest BCUT2D eigenvalue weighted by molar-refractivity contribution is -0.138. The molecule has 3 fully saturated rings. The van der Waals surface area contributed by atoms with Gasteiger partial charge in [0, 0.05) is 87.6 Å². The molecule has 0 aromatic heterocycles. The third-order valence-corrected chi connectivity index (χ3v) is 11.9. The fraction of sp³-hybridized carbons (Fsp3) is 0.556. The van der Waals surface area contributed by atoms with Crippen LogP contribution in [0.2, 0.25) is 0 Å². The molecule has 49 heavy (non-hydrogen) atoms. The fourth-order valence-electron chi connectivity index (χ4n) is 7.89. The molecule has 2 aromatic rings. The van der Waals surface area contributed by atoms with Crippen LogP contribution in [0.15, 0.2) is 40.9 Å². The fourth-order valence-corrected chi connectivity index (χ4v) is 8.12. The van der Waals surface area contributed by atoms with Gasteiger partial charge in [-0.05, 0) is 67.9 Å². The van der Waals surface area contributed by atoms with Crippen molar-refractivity contribution >= 4 is 45.6 Å². The smallest absolute Gasteiger partial charge is 0.322 e. The van der Waals surface area contributed by atoms with Gasteiger partial charge in [-0.2, -0.15) is 0 Å². The van der Waals surface area contributed by atoms with Crippen molar-refractivity contribution in [2.75, 3.05) is 64.2 Å². The van der Waals surface area contributed by atoms with Gasteiger partial charge >= 0.3 is 18.0 Å². The number of benzene rings is 2. The molecule has 4 aliphatic heterocycles. The van der Waals surface area contributed by atoms with Crippen LogP contribution in [0.5, 0.6) is 0 Å². The normalized spacial score (nSPS) is 20.5. The van der Waals surface area contributed by atoms with E-state index in [2.05, 4.69) is 43.6 Å². The van der Waals surface area contributed by atoms with E-state index in [0.717, 1.165) is 71.4 Å². The number of rotatable bonds is 8. The molecule has 4 heterocycles. The number of carboxylic acids is 1. The summed E-state index contributed by atoms with van der Waals surface area (Å²) in [4.78, 5) is 61.8. The maximum absolute atomic E-state index is 14.1. The van der Waals surface area contributed by atoms with Crippen molar-refractivity contribution in [2.24, 2.45) is 0 Å². The molecule has 12 nitrogen and oxygen atoms in total. The molecule has 0 spiro atoms. The summed E-state index contributed by atoms with van der Waals surface area (Å²) in [5.41, 5.74) is 5.11. The first kappa shape index (κ1) is 35.2. The third kappa shape index (κ3) is 8.38. The molecule has 0 aliphatic carbocycles. The lowest BCUT2D eigenvalue weighted by Gasteiger charge is -2.43. The molecule has 13 heteroatoms. The molecule has 264 valence electrons. The Bertz CT molecular complexity index is 1520. The lowest BCUT2D eigenvalue weighted by atomic mass is 9.99. The molecule has 0 saturated carbocycles. The first-order valence-corrected chi connectivity index (χ1v) is 18.3. The SMILES string of the molecule is Cc1cc(CC(NC(=O)N2CCC(N3Cc4ccccc4NC3=O)CC2)C(=O)N2CCN(C3CCN(CC(=O)O)CC3)CC2)cc(C)c1Br. The highest BCUT2D eigenvalue weighted by molar-refractivity contribution is 9.10. The number of carboxylic acid groups (broad SMARTS) is 1. The summed E-state index contributed by atoms with van der Waals surface area (Å²) in [5, 5.41) is 15.2. The number of anilines is 1. The van der Waals surface area contributed by atoms with Crippen LogP contribution in [-0.2, 0) is 22.6 Å². The molecule has 4 aliphatic rings. The van der Waals surface area contributed by atoms with E-state index in [0.29, 0.717) is 58.0 Å². The summed E-state index contributed by atoms with van der Waals surface area (Å²) in [6, 6.07) is 11.4. The molecular formula is C36H48BrN7O5. The molecule has 6 rings (SSSR count). The van der Waals surface area contributed by atoms with Crippen LogP contribution >= 0.6 is 15.9 Å². The molecule has 1 atom stereocenters. The summed E-state index contributed by atoms with van der Waals surface area (Å²) >= 11 is 3.65. The van der Waals surface area contributed by atoms with Crippen LogP contribution in [0, 0.1) is 13.8 Å². The molecule has 3 N–H and O–H groups in total. The number of piperidine rings is 2. The predicted molar refractivity (Wildman–Crippen MR) is 190 cm³/mol. The van der Waals surface area contributed by atoms with E-state index in [1.165, 1.54) is 0 Å². The Balaban J connectivity index is 1.07. The number of likely N-dealkylation sites (tertiary alicyclic amines) is 2. The molecule has 5 amide bonds. The maximum atomic E-state index is 14.1. The minimum absolute atomic E-state index is 0.0317. The van der Waals surface area contributed by atoms with Gasteiger partial charge in [0.05, 0.1) is 6.54 Å². The number of carbonyl (C=O) groups is 4. The topological polar surface area (TPSA) is 129 Å². The van der Waals surface area contributed by atoms with Crippen LogP contribution in [0.3, 0.4) is 0 Å². The number of urea groups is 2. The second-order valence-electron chi connectivity index (χ2n) is 13.9. The quantitative estimate of drug-likeness (QED) is 0.375. The number of para-hydroxylation sites is 1. The Morgan fingerprint density at radius 3 is 2.18 bits per heavy atom. The zero-order valence-electron chi connectivity index (χ0n) is 28.5. The molecule has 0 radical (unpaired) electrons. The number of aliphatic carboxylic acids is 1. The monoisotopic (exact) mass is 737 g/mol. The molecule has 0 bridgehead atoms. The molecule has 3 saturated heterocycles.